The minimum Gasteiger partial charge on any atom is -0.404 e. The van der Waals surface area contributed by atoms with Crippen molar-refractivity contribution in [2.45, 2.75) is 102 Å². The normalized spacial score (nSPS) is 18.3. The lowest BCUT2D eigenvalue weighted by molar-refractivity contribution is -0.137. The van der Waals surface area contributed by atoms with Crippen molar-refractivity contribution >= 4 is 68.0 Å². The molecule has 0 amide bonds. The number of alkyl halides is 3. The molecule has 4 atom stereocenters. The molecule has 4 aliphatic rings. The Kier molecular flexibility index (Phi) is 17.4. The molecule has 8 heterocycles. The topological polar surface area (TPSA) is 163 Å². The quantitative estimate of drug-likeness (QED) is 0.0738. The Morgan fingerprint density at radius 3 is 2.02 bits per heavy atom. The number of halogens is 5. The number of hydrogen-bond acceptors (Lipinski definition) is 15. The minimum absolute atomic E-state index is 0.0404. The van der Waals surface area contributed by atoms with E-state index in [0.29, 0.717) is 82.3 Å². The number of benzene rings is 5. The Bertz CT molecular complexity index is 4810. The lowest BCUT2D eigenvalue weighted by Gasteiger charge is -2.38. The van der Waals surface area contributed by atoms with Crippen LogP contribution in [0.5, 0.6) is 5.75 Å². The van der Waals surface area contributed by atoms with E-state index in [1.807, 2.05) is 49.4 Å². The largest absolute Gasteiger partial charge is 0.416 e. The van der Waals surface area contributed by atoms with Gasteiger partial charge in [-0.05, 0) is 153 Å². The molecule has 2 unspecified atom stereocenters. The molecule has 4 fully saturated rings. The van der Waals surface area contributed by atoms with Crippen molar-refractivity contribution in [1.29, 1.82) is 0 Å². The third-order valence-electron chi connectivity index (χ3n) is 18.5. The first-order valence-corrected chi connectivity index (χ1v) is 32.8. The summed E-state index contributed by atoms with van der Waals surface area (Å²) in [6, 6.07) is 34.6. The van der Waals surface area contributed by atoms with Crippen molar-refractivity contribution in [3.63, 3.8) is 0 Å². The van der Waals surface area contributed by atoms with Crippen LogP contribution < -0.4 is 41.6 Å². The fraction of sp³-hybridized carbons (Fsp3) is 0.301. The highest BCUT2D eigenvalue weighted by atomic mass is 32.1. The summed E-state index contributed by atoms with van der Waals surface area (Å²) in [7, 11) is 0. The Morgan fingerprint density at radius 2 is 1.34 bits per heavy atom. The van der Waals surface area contributed by atoms with E-state index in [4.69, 9.17) is 14.7 Å². The number of aromatic nitrogens is 7. The molecule has 14 rings (SSSR count). The lowest BCUT2D eigenvalue weighted by atomic mass is 9.93. The van der Waals surface area contributed by atoms with E-state index in [9.17, 15) is 22.8 Å². The molecule has 10 aromatic rings. The van der Waals surface area contributed by atoms with E-state index in [0.717, 1.165) is 73.6 Å². The van der Waals surface area contributed by atoms with Gasteiger partial charge in [0.1, 0.15) is 28.9 Å². The zero-order chi connectivity index (χ0) is 65.5. The molecular weight excluding hydrogens is 1230 g/mol. The molecule has 0 radical (unpaired) electrons. The number of nitrogens with one attached hydrogen (secondary N) is 3. The first kappa shape index (κ1) is 62.4. The highest BCUT2D eigenvalue weighted by Gasteiger charge is 2.38. The Morgan fingerprint density at radius 1 is 0.674 bits per heavy atom. The maximum Gasteiger partial charge on any atom is 0.416 e. The van der Waals surface area contributed by atoms with Gasteiger partial charge in [-0.25, -0.2) is 23.7 Å². The first-order valence-electron chi connectivity index (χ1n) is 31.9. The molecule has 5 aromatic heterocycles. The summed E-state index contributed by atoms with van der Waals surface area (Å²) >= 11 is 1.43. The van der Waals surface area contributed by atoms with Crippen molar-refractivity contribution in [2.75, 3.05) is 59.7 Å². The van der Waals surface area contributed by atoms with Gasteiger partial charge in [-0.1, -0.05) is 67.3 Å². The maximum atomic E-state index is 16.7. The Labute approximate surface area is 548 Å². The molecule has 1 saturated carbocycles. The summed E-state index contributed by atoms with van der Waals surface area (Å²) in [6.45, 7) is 10.5. The second kappa shape index (κ2) is 26.4. The van der Waals surface area contributed by atoms with Crippen LogP contribution in [0.1, 0.15) is 107 Å². The number of hydrogen-bond donors (Lipinski definition) is 3. The Hall–Kier alpha value is -10.0. The molecule has 0 spiro atoms. The number of anilines is 6. The number of nitrogens with zero attached hydrogens (tertiary/aromatic N) is 10. The molecule has 1 aliphatic carbocycles. The Balaban J connectivity index is 0.658. The average Bonchev–Trinajstić information content (AvgIpc) is 1.42. The van der Waals surface area contributed by atoms with Crippen molar-refractivity contribution in [3.8, 4) is 29.6 Å². The van der Waals surface area contributed by atoms with Gasteiger partial charge in [0.25, 0.3) is 11.1 Å². The van der Waals surface area contributed by atoms with Crippen LogP contribution in [0.4, 0.5) is 56.6 Å². The SMILES string of the molecule is Cc1scnc1C#Cc1cc2cnc(Nc3ccc(N4CCN5CC(c6cccc(OC#Cc7cc8cnc(Nc9ccc(N%10C[C@@H](C)N[C@@H](C)C%10)c(F)c9)nc8n(Cc8ccccc8C8CCCC8)c7=O)c6F)CC5C4)cc3)nc2n(Cc2ccc(C(F)(F)F)cc2)c1=O. The molecule has 16 nitrogen and oxygen atoms in total. The molecule has 95 heavy (non-hydrogen) atoms. The summed E-state index contributed by atoms with van der Waals surface area (Å²) < 4.78 is 81.8. The van der Waals surface area contributed by atoms with Gasteiger partial charge < -0.3 is 30.5 Å². The van der Waals surface area contributed by atoms with E-state index < -0.39 is 28.7 Å². The molecule has 0 bridgehead atoms. The lowest BCUT2D eigenvalue weighted by Crippen LogP contribution is -2.54. The number of thiazole rings is 1. The van der Waals surface area contributed by atoms with Gasteiger partial charge >= 0.3 is 6.18 Å². The third kappa shape index (κ3) is 13.4. The number of ether oxygens (including phenoxy) is 1. The van der Waals surface area contributed by atoms with Gasteiger partial charge in [0.05, 0.1) is 41.0 Å². The zero-order valence-corrected chi connectivity index (χ0v) is 53.2. The van der Waals surface area contributed by atoms with E-state index >= 15 is 8.78 Å². The standard InChI is InChI=1S/C73H66F5N13O3S/c1-44-37-89(38-45(2)82-44)64-26-22-57(34-62(64)74)84-72-80-36-53-32-50(70(93)91(68(53)86-72)41-51-11-6-7-12-60(51)48-9-4-5-10-48)27-30-94-65-14-8-13-61(66(65)75)54-33-59-42-88(29-28-87(59)40-54)58-23-20-56(21-24-58)83-71-79-35-52-31-49(17-25-63-46(3)95-43-81-63)69(92)90(67(52)85-71)39-47-15-18-55(19-16-47)73(76,77)78/h6-8,11-16,18-24,26,31-32,34-36,43-45,48,54,59,82H,4-5,9-10,28-29,33,37-42H2,1-3H3,(H,79,83,85)(H,80,84,86)/t44-,45+,54?,59?. The smallest absolute Gasteiger partial charge is 0.404 e. The second-order valence-electron chi connectivity index (χ2n) is 25.1. The van der Waals surface area contributed by atoms with Gasteiger partial charge in [-0.3, -0.25) is 23.6 Å². The van der Waals surface area contributed by atoms with Crippen LogP contribution in [0.3, 0.4) is 0 Å². The zero-order valence-electron chi connectivity index (χ0n) is 52.4. The highest BCUT2D eigenvalue weighted by molar-refractivity contribution is 7.09. The summed E-state index contributed by atoms with van der Waals surface area (Å²) in [6.07, 6.45) is 6.49. The fourth-order valence-electron chi connectivity index (χ4n) is 13.9. The monoisotopic (exact) mass is 1300 g/mol. The van der Waals surface area contributed by atoms with E-state index in [1.165, 1.54) is 39.7 Å². The molecule has 3 saturated heterocycles. The molecule has 3 aliphatic heterocycles. The number of fused-ring (bicyclic) bond motifs is 3. The van der Waals surface area contributed by atoms with Gasteiger partial charge in [-0.2, -0.15) is 23.1 Å². The number of piperazine rings is 2. The summed E-state index contributed by atoms with van der Waals surface area (Å²) in [4.78, 5) is 59.6. The maximum absolute atomic E-state index is 16.7. The molecule has 5 aromatic carbocycles. The van der Waals surface area contributed by atoms with Crippen LogP contribution >= 0.6 is 11.3 Å². The summed E-state index contributed by atoms with van der Waals surface area (Å²) in [5.41, 5.74) is 7.33. The number of aryl methyl sites for hydroxylation is 1. The molecule has 482 valence electrons. The predicted molar refractivity (Wildman–Crippen MR) is 360 cm³/mol. The molecular formula is C73H66F5N13O3S. The third-order valence-corrected chi connectivity index (χ3v) is 19.3. The first-order chi connectivity index (χ1) is 46.0. The van der Waals surface area contributed by atoms with Crippen LogP contribution in [0.15, 0.2) is 149 Å². The van der Waals surface area contributed by atoms with Gasteiger partial charge in [0.15, 0.2) is 11.6 Å². The molecule has 3 N–H and O–H groups in total. The number of pyridine rings is 2. The van der Waals surface area contributed by atoms with E-state index in [2.05, 4.69) is 89.4 Å². The van der Waals surface area contributed by atoms with Crippen molar-refractivity contribution in [1.82, 2.24) is 44.3 Å². The predicted octanol–water partition coefficient (Wildman–Crippen LogP) is 12.9. The average molecular weight is 1300 g/mol. The summed E-state index contributed by atoms with van der Waals surface area (Å²) in [5.74, 6) is 8.58. The fourth-order valence-corrected chi connectivity index (χ4v) is 14.4. The van der Waals surface area contributed by atoms with Gasteiger partial charge in [0.2, 0.25) is 11.9 Å². The highest BCUT2D eigenvalue weighted by Crippen LogP contribution is 2.40. The van der Waals surface area contributed by atoms with Crippen LogP contribution in [0, 0.1) is 42.4 Å². The van der Waals surface area contributed by atoms with E-state index in [-0.39, 0.29) is 77.4 Å². The molecule has 22 heteroatoms. The van der Waals surface area contributed by atoms with Crippen LogP contribution in [-0.4, -0.2) is 96.3 Å². The van der Waals surface area contributed by atoms with E-state index in [1.54, 1.807) is 64.9 Å². The van der Waals surface area contributed by atoms with Crippen molar-refractivity contribution in [2.24, 2.45) is 0 Å². The van der Waals surface area contributed by atoms with Crippen molar-refractivity contribution in [3.05, 3.63) is 221 Å². The van der Waals surface area contributed by atoms with Crippen molar-refractivity contribution < 1.29 is 26.7 Å². The number of rotatable bonds is 13. The minimum atomic E-state index is -4.51. The summed E-state index contributed by atoms with van der Waals surface area (Å²) in [5, 5.41) is 11.0. The van der Waals surface area contributed by atoms with Crippen LogP contribution in [0.2, 0.25) is 0 Å². The van der Waals surface area contributed by atoms with Gasteiger partial charge in [-0.15, -0.1) is 11.3 Å². The van der Waals surface area contributed by atoms with Crippen LogP contribution in [-0.2, 0) is 19.3 Å². The van der Waals surface area contributed by atoms with Crippen LogP contribution in [0.25, 0.3) is 22.1 Å². The van der Waals surface area contributed by atoms with Gasteiger partial charge in [0, 0.05) is 108 Å². The second-order valence-corrected chi connectivity index (χ2v) is 26.1.